The van der Waals surface area contributed by atoms with E-state index in [-0.39, 0.29) is 35.6 Å². The molecule has 4 aliphatic rings. The van der Waals surface area contributed by atoms with Gasteiger partial charge in [0.25, 0.3) is 5.91 Å². The number of quaternary nitrogens is 1. The molecule has 2 unspecified atom stereocenters. The first kappa shape index (κ1) is 30.3. The lowest BCUT2D eigenvalue weighted by atomic mass is 9.84. The molecule has 4 heterocycles. The molecule has 232 valence electrons. The summed E-state index contributed by atoms with van der Waals surface area (Å²) in [6, 6.07) is 12.6. The molecule has 4 N–H and O–H groups in total. The van der Waals surface area contributed by atoms with Gasteiger partial charge in [-0.3, -0.25) is 4.79 Å². The zero-order valence-corrected chi connectivity index (χ0v) is 25.3. The number of para-hydroxylation sites is 1. The van der Waals surface area contributed by atoms with Gasteiger partial charge in [0, 0.05) is 50.9 Å². The Labute approximate surface area is 260 Å². The molecule has 4 amide bonds. The minimum absolute atomic E-state index is 0.0182. The topological polar surface area (TPSA) is 119 Å². The summed E-state index contributed by atoms with van der Waals surface area (Å²) in [5, 5.41) is 15.3. The number of nitrogens with zero attached hydrogens (tertiary/aromatic N) is 3. The number of likely N-dealkylation sites (tertiary alicyclic amines) is 2. The van der Waals surface area contributed by atoms with Crippen LogP contribution in [0.15, 0.2) is 42.5 Å². The number of hydrogen-bond donors (Lipinski definition) is 3. The number of carbonyl (C=O) groups is 3. The van der Waals surface area contributed by atoms with Crippen LogP contribution in [-0.2, 0) is 22.4 Å². The molecule has 3 fully saturated rings. The van der Waals surface area contributed by atoms with Gasteiger partial charge in [-0.2, -0.15) is 0 Å². The minimum Gasteiger partial charge on any atom is -0.509 e. The van der Waals surface area contributed by atoms with Crippen molar-refractivity contribution < 1.29 is 29.5 Å². The van der Waals surface area contributed by atoms with Crippen LogP contribution in [0.25, 0.3) is 0 Å². The molecule has 11 heteroatoms. The summed E-state index contributed by atoms with van der Waals surface area (Å²) in [6.07, 6.45) is 4.07. The van der Waals surface area contributed by atoms with Crippen molar-refractivity contribution in [2.75, 3.05) is 51.1 Å². The van der Waals surface area contributed by atoms with Crippen LogP contribution in [0.3, 0.4) is 0 Å². The molecule has 2 aromatic carbocycles. The number of hydrogen-bond acceptors (Lipinski definition) is 5. The normalized spacial score (nSPS) is 22.2. The van der Waals surface area contributed by atoms with E-state index in [1.807, 2.05) is 34.1 Å². The highest BCUT2D eigenvalue weighted by atomic mass is 16.6. The number of phenolic OH excluding ortho intramolecular Hbond substituents is 1. The number of nitrogens with one attached hydrogen (secondary N) is 1. The van der Waals surface area contributed by atoms with Crippen molar-refractivity contribution in [3.05, 3.63) is 53.6 Å². The molecule has 0 aromatic heterocycles. The van der Waals surface area contributed by atoms with Crippen LogP contribution in [0.4, 0.5) is 15.3 Å². The second-order valence-corrected chi connectivity index (χ2v) is 12.8. The van der Waals surface area contributed by atoms with Gasteiger partial charge in [-0.1, -0.05) is 35.8 Å². The average molecular weight is 601 g/mol. The zero-order chi connectivity index (χ0) is 30.6. The van der Waals surface area contributed by atoms with Crippen LogP contribution in [-0.4, -0.2) is 104 Å². The van der Waals surface area contributed by atoms with Gasteiger partial charge in [-0.15, -0.1) is 0 Å². The van der Waals surface area contributed by atoms with E-state index in [9.17, 15) is 19.5 Å². The molecule has 2 aromatic rings. The number of aromatic hydroxyl groups is 1. The lowest BCUT2D eigenvalue weighted by Gasteiger charge is -2.38. The van der Waals surface area contributed by atoms with E-state index in [1.54, 1.807) is 17.0 Å². The lowest BCUT2D eigenvalue weighted by Crippen LogP contribution is -2.86. The molecule has 4 aliphatic heterocycles. The fraction of sp³-hybridized carbons (Fsp3) is 0.545. The first-order valence-corrected chi connectivity index (χ1v) is 16.1. The Morgan fingerprint density at radius 3 is 2.50 bits per heavy atom. The monoisotopic (exact) mass is 600 g/mol. The average Bonchev–Trinajstić information content (AvgIpc) is 3.47. The molecule has 44 heavy (non-hydrogen) atoms. The van der Waals surface area contributed by atoms with E-state index >= 15 is 0 Å². The summed E-state index contributed by atoms with van der Waals surface area (Å²) in [5.74, 6) is 0.921. The molecule has 6 rings (SSSR count). The Morgan fingerprint density at radius 2 is 1.73 bits per heavy atom. The first-order valence-electron chi connectivity index (χ1n) is 16.1. The number of amides is 4. The Hall–Kier alpha value is -3.73. The van der Waals surface area contributed by atoms with Crippen molar-refractivity contribution in [3.63, 3.8) is 0 Å². The van der Waals surface area contributed by atoms with Gasteiger partial charge in [-0.05, 0) is 73.6 Å². The summed E-state index contributed by atoms with van der Waals surface area (Å²) in [6.45, 7) is 5.16. The number of benzene rings is 2. The van der Waals surface area contributed by atoms with E-state index in [0.717, 1.165) is 42.7 Å². The minimum atomic E-state index is -0.988. The molecule has 3 saturated heterocycles. The Balaban J connectivity index is 1.08. The molecule has 0 aliphatic carbocycles. The van der Waals surface area contributed by atoms with Gasteiger partial charge >= 0.3 is 12.1 Å². The standard InChI is InChI=1S/C33H42BN5O5/c34-27-19-22(5-6-29(27)40)20-30(31(41)38-15-9-25(21-38)23-7-13-35-14-8-23)44-33(43)37-16-11-26(12-17-37)39-18-10-24-3-1-2-4-28(24)36-32(39)42/h1-6,19,23,25-26,30,35,40H,7-18,20-21H2,(H,36,42)/p+1. The fourth-order valence-electron chi connectivity index (χ4n) is 7.42. The number of anilines is 1. The van der Waals surface area contributed by atoms with Crippen molar-refractivity contribution in [2.24, 2.45) is 11.8 Å². The third-order valence-corrected chi connectivity index (χ3v) is 10.0. The van der Waals surface area contributed by atoms with Gasteiger partial charge in [0.15, 0.2) is 6.10 Å². The number of fused-ring (bicyclic) bond motifs is 1. The Bertz CT molecular complexity index is 1360. The summed E-state index contributed by atoms with van der Waals surface area (Å²) in [7, 11) is 5.94. The van der Waals surface area contributed by atoms with Crippen molar-refractivity contribution >= 4 is 37.0 Å². The number of piperidine rings is 2. The zero-order valence-electron chi connectivity index (χ0n) is 25.3. The van der Waals surface area contributed by atoms with E-state index in [0.29, 0.717) is 57.4 Å². The number of rotatable bonds is 6. The molecular formula is C33H43BN5O5+. The summed E-state index contributed by atoms with van der Waals surface area (Å²) < 4.78 is 5.98. The molecule has 0 spiro atoms. The van der Waals surface area contributed by atoms with Crippen LogP contribution < -0.4 is 16.1 Å². The van der Waals surface area contributed by atoms with Gasteiger partial charge in [0.05, 0.1) is 13.1 Å². The highest BCUT2D eigenvalue weighted by Crippen LogP contribution is 2.30. The highest BCUT2D eigenvalue weighted by Gasteiger charge is 2.38. The lowest BCUT2D eigenvalue weighted by molar-refractivity contribution is -0.665. The summed E-state index contributed by atoms with van der Waals surface area (Å²) >= 11 is 0. The maximum atomic E-state index is 13.9. The largest absolute Gasteiger partial charge is 0.509 e. The van der Waals surface area contributed by atoms with Crippen LogP contribution >= 0.6 is 0 Å². The molecule has 10 nitrogen and oxygen atoms in total. The van der Waals surface area contributed by atoms with Crippen LogP contribution in [0, 0.1) is 11.8 Å². The Kier molecular flexibility index (Phi) is 9.30. The third-order valence-electron chi connectivity index (χ3n) is 10.0. The smallest absolute Gasteiger partial charge is 0.410 e. The van der Waals surface area contributed by atoms with Crippen molar-refractivity contribution in [1.82, 2.24) is 14.7 Å². The van der Waals surface area contributed by atoms with Crippen LogP contribution in [0.2, 0.25) is 0 Å². The van der Waals surface area contributed by atoms with Crippen molar-refractivity contribution in [3.8, 4) is 5.75 Å². The predicted molar refractivity (Wildman–Crippen MR) is 167 cm³/mol. The third kappa shape index (κ3) is 6.82. The van der Waals surface area contributed by atoms with Crippen molar-refractivity contribution in [1.29, 1.82) is 0 Å². The quantitative estimate of drug-likeness (QED) is 0.436. The first-order chi connectivity index (χ1) is 21.4. The number of urea groups is 1. The molecule has 2 radical (unpaired) electrons. The van der Waals surface area contributed by atoms with Gasteiger partial charge < -0.3 is 35.2 Å². The number of phenols is 1. The molecule has 0 saturated carbocycles. The predicted octanol–water partition coefficient (Wildman–Crippen LogP) is 1.61. The van der Waals surface area contributed by atoms with E-state index in [2.05, 4.69) is 10.6 Å². The molecular weight excluding hydrogens is 557 g/mol. The van der Waals surface area contributed by atoms with Gasteiger partial charge in [0.2, 0.25) is 0 Å². The van der Waals surface area contributed by atoms with Gasteiger partial charge in [-0.25, -0.2) is 9.59 Å². The maximum absolute atomic E-state index is 13.9. The molecule has 2 atom stereocenters. The van der Waals surface area contributed by atoms with Crippen molar-refractivity contribution in [2.45, 2.75) is 57.1 Å². The van der Waals surface area contributed by atoms with E-state index < -0.39 is 12.2 Å². The SMILES string of the molecule is [B]c1cc(CC(OC(=O)N2CCC(N3CCc4ccccc4NC3=O)CC2)C(=O)N2CCC(C3CC[NH2+]CC3)C2)ccc1O. The number of nitrogens with two attached hydrogens (primary N) is 1. The van der Waals surface area contributed by atoms with E-state index in [1.165, 1.54) is 18.9 Å². The maximum Gasteiger partial charge on any atom is 0.410 e. The Morgan fingerprint density at radius 1 is 0.977 bits per heavy atom. The second kappa shape index (κ2) is 13.5. The fourth-order valence-corrected chi connectivity index (χ4v) is 7.42. The van der Waals surface area contributed by atoms with Gasteiger partial charge in [0.1, 0.15) is 13.6 Å². The number of ether oxygens (including phenoxy) is 1. The van der Waals surface area contributed by atoms with Crippen LogP contribution in [0.1, 0.15) is 43.2 Å². The number of carbonyl (C=O) groups excluding carboxylic acids is 3. The summed E-state index contributed by atoms with van der Waals surface area (Å²) in [4.78, 5) is 45.8. The summed E-state index contributed by atoms with van der Waals surface area (Å²) in [5.41, 5.74) is 2.92. The molecule has 0 bridgehead atoms. The second-order valence-electron chi connectivity index (χ2n) is 12.8. The van der Waals surface area contributed by atoms with E-state index in [4.69, 9.17) is 12.6 Å². The highest BCUT2D eigenvalue weighted by molar-refractivity contribution is 6.34. The van der Waals surface area contributed by atoms with Crippen LogP contribution in [0.5, 0.6) is 5.75 Å².